The number of benzene rings is 8. The van der Waals surface area contributed by atoms with Crippen LogP contribution in [0.25, 0.3) is 0 Å². The quantitative estimate of drug-likeness (QED) is 0.0300. The lowest BCUT2D eigenvalue weighted by Crippen LogP contribution is -2.67. The molecule has 0 aromatic heterocycles. The van der Waals surface area contributed by atoms with Crippen molar-refractivity contribution in [3.63, 3.8) is 0 Å². The van der Waals surface area contributed by atoms with Gasteiger partial charge in [0.25, 0.3) is 0 Å². The summed E-state index contributed by atoms with van der Waals surface area (Å²) in [6, 6.07) is 78.0. The minimum absolute atomic E-state index is 0.0468. The lowest BCUT2D eigenvalue weighted by molar-refractivity contribution is -0.391. The first-order valence-electron chi connectivity index (χ1n) is 31.6. The first-order valence-corrected chi connectivity index (χ1v) is 31.6. The molecule has 0 amide bonds. The summed E-state index contributed by atoms with van der Waals surface area (Å²) >= 11 is 0. The van der Waals surface area contributed by atoms with Gasteiger partial charge in [0.05, 0.1) is 77.2 Å². The van der Waals surface area contributed by atoms with Gasteiger partial charge in [-0.3, -0.25) is 0 Å². The highest BCUT2D eigenvalue weighted by molar-refractivity contribution is 5.89. The molecule has 480 valence electrons. The highest BCUT2D eigenvalue weighted by Gasteiger charge is 2.57. The van der Waals surface area contributed by atoms with Crippen molar-refractivity contribution in [1.29, 1.82) is 0 Å². The topological polar surface area (TPSA) is 146 Å². The van der Waals surface area contributed by atoms with Crippen LogP contribution in [0.3, 0.4) is 0 Å². The molecular formula is C77H82O15. The first-order chi connectivity index (χ1) is 45.3. The Balaban J connectivity index is 1.02. The Morgan fingerprint density at radius 1 is 0.348 bits per heavy atom. The molecule has 0 radical (unpaired) electrons. The zero-order valence-electron chi connectivity index (χ0n) is 52.0. The summed E-state index contributed by atoms with van der Waals surface area (Å²) in [5.74, 6) is -0.682. The monoisotopic (exact) mass is 1250 g/mol. The van der Waals surface area contributed by atoms with Crippen molar-refractivity contribution in [2.45, 2.75) is 152 Å². The molecule has 3 aliphatic heterocycles. The molecule has 0 N–H and O–H groups in total. The van der Waals surface area contributed by atoms with Gasteiger partial charge in [0, 0.05) is 0 Å². The van der Waals surface area contributed by atoms with E-state index >= 15 is 4.79 Å². The summed E-state index contributed by atoms with van der Waals surface area (Å²) in [7, 11) is 0. The smallest absolute Gasteiger partial charge is 0.338 e. The van der Waals surface area contributed by atoms with E-state index in [4.69, 9.17) is 66.3 Å². The molecule has 3 saturated heterocycles. The number of carbonyl (C=O) groups is 1. The van der Waals surface area contributed by atoms with Gasteiger partial charge in [0.2, 0.25) is 0 Å². The molecule has 15 atom stereocenters. The summed E-state index contributed by atoms with van der Waals surface area (Å²) < 4.78 is 98.7. The zero-order valence-corrected chi connectivity index (χ0v) is 52.0. The third-order valence-electron chi connectivity index (χ3n) is 16.4. The van der Waals surface area contributed by atoms with E-state index in [0.29, 0.717) is 0 Å². The van der Waals surface area contributed by atoms with Crippen LogP contribution in [-0.4, -0.2) is 111 Å². The average molecular weight is 1250 g/mol. The van der Waals surface area contributed by atoms with E-state index in [0.717, 1.165) is 38.9 Å². The van der Waals surface area contributed by atoms with Crippen LogP contribution in [0.5, 0.6) is 0 Å². The number of rotatable bonds is 31. The fourth-order valence-corrected chi connectivity index (χ4v) is 11.7. The molecule has 3 heterocycles. The van der Waals surface area contributed by atoms with Crippen molar-refractivity contribution in [2.24, 2.45) is 0 Å². The van der Waals surface area contributed by atoms with E-state index in [1.54, 1.807) is 30.3 Å². The number of ether oxygens (including phenoxy) is 14. The van der Waals surface area contributed by atoms with Crippen molar-refractivity contribution >= 4 is 5.97 Å². The van der Waals surface area contributed by atoms with Crippen LogP contribution < -0.4 is 0 Å². The van der Waals surface area contributed by atoms with Gasteiger partial charge in [-0.2, -0.15) is 0 Å². The van der Waals surface area contributed by atoms with E-state index in [9.17, 15) is 0 Å². The third-order valence-corrected chi connectivity index (χ3v) is 16.4. The van der Waals surface area contributed by atoms with Crippen LogP contribution in [0.2, 0.25) is 0 Å². The molecule has 15 nitrogen and oxygen atoms in total. The number of hydrogen-bond acceptors (Lipinski definition) is 15. The van der Waals surface area contributed by atoms with E-state index in [2.05, 4.69) is 6.58 Å². The molecule has 15 heteroatoms. The van der Waals surface area contributed by atoms with Gasteiger partial charge in [-0.05, 0) is 64.9 Å². The predicted octanol–water partition coefficient (Wildman–Crippen LogP) is 13.1. The Hall–Kier alpha value is -7.55. The van der Waals surface area contributed by atoms with Crippen LogP contribution in [0.4, 0.5) is 0 Å². The van der Waals surface area contributed by atoms with Crippen LogP contribution in [0.15, 0.2) is 255 Å². The number of hydrogen-bond donors (Lipinski definition) is 0. The van der Waals surface area contributed by atoms with E-state index in [-0.39, 0.29) is 65.0 Å². The van der Waals surface area contributed by atoms with Crippen LogP contribution in [0, 0.1) is 0 Å². The van der Waals surface area contributed by atoms with Crippen molar-refractivity contribution < 1.29 is 71.1 Å². The Labute approximate surface area is 539 Å². The molecule has 0 unspecified atom stereocenters. The van der Waals surface area contributed by atoms with Crippen LogP contribution in [-0.2, 0) is 113 Å². The van der Waals surface area contributed by atoms with Crippen molar-refractivity contribution in [3.05, 3.63) is 300 Å². The molecule has 8 aromatic carbocycles. The maximum absolute atomic E-state index is 15.1. The molecular weight excluding hydrogens is 1160 g/mol. The summed E-state index contributed by atoms with van der Waals surface area (Å²) in [6.45, 7) is 9.24. The zero-order chi connectivity index (χ0) is 63.1. The van der Waals surface area contributed by atoms with Gasteiger partial charge in [0.1, 0.15) is 54.9 Å². The molecule has 0 saturated carbocycles. The first kappa shape index (κ1) is 65.9. The highest BCUT2D eigenvalue weighted by Crippen LogP contribution is 2.39. The minimum Gasteiger partial charge on any atom is -0.450 e. The molecule has 8 aromatic rings. The van der Waals surface area contributed by atoms with E-state index in [1.165, 1.54) is 0 Å². The number of carbonyl (C=O) groups excluding carboxylic acids is 1. The highest BCUT2D eigenvalue weighted by atomic mass is 16.8. The second-order valence-corrected chi connectivity index (χ2v) is 23.1. The summed E-state index contributed by atoms with van der Waals surface area (Å²) in [4.78, 5) is 15.1. The third kappa shape index (κ3) is 18.4. The fraction of sp³-hybridized carbons (Fsp3) is 0.338. The summed E-state index contributed by atoms with van der Waals surface area (Å²) in [5.41, 5.74) is 6.75. The maximum atomic E-state index is 15.1. The molecule has 0 spiro atoms. The Bertz CT molecular complexity index is 3380. The molecule has 3 fully saturated rings. The van der Waals surface area contributed by atoms with Gasteiger partial charge in [-0.1, -0.05) is 237 Å². The molecule has 3 aliphatic rings. The molecule has 92 heavy (non-hydrogen) atoms. The summed E-state index contributed by atoms with van der Waals surface area (Å²) in [5, 5.41) is 0. The largest absolute Gasteiger partial charge is 0.450 e. The molecule has 0 aliphatic carbocycles. The Kier molecular flexibility index (Phi) is 24.6. The normalized spacial score (nSPS) is 26.4. The lowest BCUT2D eigenvalue weighted by Gasteiger charge is -2.51. The molecule has 11 rings (SSSR count). The minimum atomic E-state index is -1.43. The Morgan fingerprint density at radius 2 is 0.674 bits per heavy atom. The van der Waals surface area contributed by atoms with E-state index in [1.807, 2.05) is 232 Å². The van der Waals surface area contributed by atoms with Crippen LogP contribution >= 0.6 is 0 Å². The summed E-state index contributed by atoms with van der Waals surface area (Å²) in [6.07, 6.45) is -13.5. The SMILES string of the molecule is C=CCO[C@@H]1O[C@@H](C)[C@H](OCc2ccccc2)[C@@H](OCc2ccccc2)[C@H]1O[C@@H]1O[C@@H](C)[C@H](OCc2ccccc2)[C@@H](O[C@H]2O[C@H](COCc3ccccc3)[C@@H](OCc3ccccc3)[C@H](OCc3ccccc3)[C@H]2OCc2ccccc2)[C@H]1OC(=O)c1ccccc1. The van der Waals surface area contributed by atoms with Crippen molar-refractivity contribution in [3.8, 4) is 0 Å². The van der Waals surface area contributed by atoms with Crippen LogP contribution in [0.1, 0.15) is 63.1 Å². The second kappa shape index (κ2) is 34.4. The standard InChI is InChI=1S/C77H82O15/c1-4-45-80-75-72(68(84-50-60-37-21-9-22-38-60)65(54(2)87-75)81-47-57-31-15-6-16-32-57)92-77-73(90-74(78)63-43-27-12-28-44-63)70(66(55(3)88-77)82-48-58-33-17-7-18-34-58)91-76-71(86-52-62-41-25-11-26-42-62)69(85-51-61-39-23-10-24-40-61)67(83-49-59-35-19-8-20-36-59)64(89-76)53-79-46-56-29-13-5-14-30-56/h4-44,54-55,64-73,75-77H,1,45-53H2,2-3H3/t54-,55-,64+,65-,66-,67+,68+,69-,70+,71+,72+,73+,75+,76+,77-/m0/s1. The van der Waals surface area contributed by atoms with Gasteiger partial charge < -0.3 is 66.3 Å². The Morgan fingerprint density at radius 3 is 1.10 bits per heavy atom. The molecule has 0 bridgehead atoms. The van der Waals surface area contributed by atoms with Gasteiger partial charge >= 0.3 is 5.97 Å². The van der Waals surface area contributed by atoms with E-state index < -0.39 is 98.1 Å². The lowest BCUT2D eigenvalue weighted by atomic mass is 9.95. The van der Waals surface area contributed by atoms with Gasteiger partial charge in [-0.25, -0.2) is 4.79 Å². The fourth-order valence-electron chi connectivity index (χ4n) is 11.7. The number of esters is 1. The van der Waals surface area contributed by atoms with Crippen molar-refractivity contribution in [1.82, 2.24) is 0 Å². The van der Waals surface area contributed by atoms with Gasteiger partial charge in [0.15, 0.2) is 25.0 Å². The maximum Gasteiger partial charge on any atom is 0.338 e. The second-order valence-electron chi connectivity index (χ2n) is 23.1. The predicted molar refractivity (Wildman–Crippen MR) is 345 cm³/mol. The van der Waals surface area contributed by atoms with Gasteiger partial charge in [-0.15, -0.1) is 6.58 Å². The average Bonchev–Trinajstić information content (AvgIpc) is 0.801. The van der Waals surface area contributed by atoms with Crippen molar-refractivity contribution in [2.75, 3.05) is 13.2 Å².